The Morgan fingerprint density at radius 3 is 2.58 bits per heavy atom. The molecule has 11 nitrogen and oxygen atoms in total. The molecule has 234 valence electrons. The molecule has 0 aromatic heterocycles. The molecule has 45 heavy (non-hydrogen) atoms. The number of rotatable bonds is 9. The number of fused-ring (bicyclic) bond motifs is 2. The molecular formula is C34H38N6O5. The molecule has 2 atom stereocenters. The summed E-state index contributed by atoms with van der Waals surface area (Å²) >= 11 is 0. The minimum Gasteiger partial charge on any atom is -0.508 e. The van der Waals surface area contributed by atoms with Crippen molar-refractivity contribution in [2.45, 2.75) is 31.7 Å². The number of hydrogen-bond donors (Lipinski definition) is 2. The maximum atomic E-state index is 14.1. The Bertz CT molecular complexity index is 1570. The van der Waals surface area contributed by atoms with Crippen molar-refractivity contribution >= 4 is 23.5 Å². The predicted octanol–water partition coefficient (Wildman–Crippen LogP) is 2.96. The number of likely N-dealkylation sites (N-methyl/N-ethyl adjacent to an activating group) is 1. The Kier molecular flexibility index (Phi) is 8.61. The van der Waals surface area contributed by atoms with Crippen LogP contribution in [0.15, 0.2) is 85.5 Å². The number of aromatic hydroxyl groups is 1. The van der Waals surface area contributed by atoms with Crippen LogP contribution in [-0.2, 0) is 29.1 Å². The third-order valence-corrected chi connectivity index (χ3v) is 8.56. The summed E-state index contributed by atoms with van der Waals surface area (Å²) in [5.41, 5.74) is 3.67. The average Bonchev–Trinajstić information content (AvgIpc) is 3.37. The smallest absolute Gasteiger partial charge is 0.332 e. The predicted molar refractivity (Wildman–Crippen MR) is 169 cm³/mol. The lowest BCUT2D eigenvalue weighted by atomic mass is 9.99. The van der Waals surface area contributed by atoms with Crippen LogP contribution < -0.4 is 15.0 Å². The van der Waals surface area contributed by atoms with Crippen molar-refractivity contribution in [3.8, 4) is 11.5 Å². The largest absolute Gasteiger partial charge is 0.508 e. The lowest BCUT2D eigenvalue weighted by Gasteiger charge is -2.46. The zero-order valence-corrected chi connectivity index (χ0v) is 25.3. The van der Waals surface area contributed by atoms with Gasteiger partial charge in [0.05, 0.1) is 31.9 Å². The number of piperazine rings is 1. The number of urea groups is 1. The van der Waals surface area contributed by atoms with Crippen LogP contribution in [-0.4, -0.2) is 94.8 Å². The van der Waals surface area contributed by atoms with Gasteiger partial charge in [-0.25, -0.2) is 4.79 Å². The molecule has 4 amide bonds. The van der Waals surface area contributed by atoms with E-state index >= 15 is 0 Å². The fourth-order valence-electron chi connectivity index (χ4n) is 6.26. The topological polar surface area (TPSA) is 109 Å². The first-order valence-corrected chi connectivity index (χ1v) is 15.1. The summed E-state index contributed by atoms with van der Waals surface area (Å²) in [5, 5.41) is 16.0. The Hall–Kier alpha value is -5.03. The van der Waals surface area contributed by atoms with Gasteiger partial charge in [-0.2, -0.15) is 5.01 Å². The molecule has 3 aromatic rings. The first-order valence-electron chi connectivity index (χ1n) is 15.1. The standard InChI is InChI=1S/C34H38N6O5/c1-3-15-38(34(44)35-20-25-7-5-4-6-8-25)39-23-32(42)40-29(18-24-9-12-27(41)13-10-24)33(43)37(22-31(39)40)21-26-11-14-28-30(19-26)45-17-16-36(28)2/h3-14,19,29,31,41H,1,15-18,20-23H2,2H3,(H,35,44)/t29-,31+/m0/s1. The van der Waals surface area contributed by atoms with Gasteiger partial charge in [-0.3, -0.25) is 14.6 Å². The molecule has 0 spiro atoms. The highest BCUT2D eigenvalue weighted by atomic mass is 16.5. The highest BCUT2D eigenvalue weighted by Gasteiger charge is 2.52. The number of carbonyl (C=O) groups excluding carboxylic acids is 3. The fraction of sp³-hybridized carbons (Fsp3) is 0.324. The molecule has 11 heteroatoms. The summed E-state index contributed by atoms with van der Waals surface area (Å²) in [6, 6.07) is 21.1. The normalized spacial score (nSPS) is 19.5. The van der Waals surface area contributed by atoms with E-state index in [1.165, 1.54) is 5.01 Å². The lowest BCUT2D eigenvalue weighted by molar-refractivity contribution is -0.157. The van der Waals surface area contributed by atoms with Crippen molar-refractivity contribution in [1.29, 1.82) is 0 Å². The highest BCUT2D eigenvalue weighted by Crippen LogP contribution is 2.34. The van der Waals surface area contributed by atoms with Crippen molar-refractivity contribution in [3.63, 3.8) is 0 Å². The Labute approximate surface area is 262 Å². The summed E-state index contributed by atoms with van der Waals surface area (Å²) in [4.78, 5) is 46.9. The Morgan fingerprint density at radius 1 is 1.07 bits per heavy atom. The van der Waals surface area contributed by atoms with Crippen molar-refractivity contribution in [1.82, 2.24) is 25.1 Å². The van der Waals surface area contributed by atoms with Crippen LogP contribution in [0.25, 0.3) is 0 Å². The third-order valence-electron chi connectivity index (χ3n) is 8.56. The zero-order chi connectivity index (χ0) is 31.5. The van der Waals surface area contributed by atoms with Crippen LogP contribution in [0.4, 0.5) is 10.5 Å². The molecule has 0 radical (unpaired) electrons. The number of hydrazine groups is 1. The molecule has 3 heterocycles. The Morgan fingerprint density at radius 2 is 1.82 bits per heavy atom. The maximum Gasteiger partial charge on any atom is 0.332 e. The van der Waals surface area contributed by atoms with Gasteiger partial charge >= 0.3 is 6.03 Å². The number of phenolic OH excluding ortho intramolecular Hbond substituents is 1. The number of ether oxygens (including phenoxy) is 1. The van der Waals surface area contributed by atoms with Crippen LogP contribution >= 0.6 is 0 Å². The Balaban J connectivity index is 1.29. The van der Waals surface area contributed by atoms with Crippen LogP contribution in [0, 0.1) is 0 Å². The second kappa shape index (κ2) is 12.9. The van der Waals surface area contributed by atoms with Crippen molar-refractivity contribution in [3.05, 3.63) is 102 Å². The first-order chi connectivity index (χ1) is 21.8. The summed E-state index contributed by atoms with van der Waals surface area (Å²) in [6.07, 6.45) is 1.32. The molecule has 2 saturated heterocycles. The SMILES string of the molecule is C=CCN(C(=O)NCc1ccccc1)N1CC(=O)N2[C@@H](Cc3ccc(O)cc3)C(=O)N(Cc3ccc4c(c3)OCCN4C)C[C@@H]21. The van der Waals surface area contributed by atoms with Gasteiger partial charge in [-0.15, -0.1) is 6.58 Å². The quantitative estimate of drug-likeness (QED) is 0.359. The molecule has 6 rings (SSSR count). The molecule has 0 bridgehead atoms. The molecule has 3 aliphatic rings. The molecule has 2 fully saturated rings. The van der Waals surface area contributed by atoms with E-state index in [0.29, 0.717) is 19.7 Å². The number of amides is 4. The summed E-state index contributed by atoms with van der Waals surface area (Å²) in [5.74, 6) is 0.498. The van der Waals surface area contributed by atoms with Gasteiger partial charge in [0.25, 0.3) is 0 Å². The second-order valence-electron chi connectivity index (χ2n) is 11.6. The average molecular weight is 611 g/mol. The van der Waals surface area contributed by atoms with Gasteiger partial charge in [0.1, 0.15) is 30.3 Å². The van der Waals surface area contributed by atoms with Crippen LogP contribution in [0.1, 0.15) is 16.7 Å². The minimum absolute atomic E-state index is 0.0521. The number of phenols is 1. The van der Waals surface area contributed by atoms with E-state index in [4.69, 9.17) is 4.74 Å². The van der Waals surface area contributed by atoms with Crippen LogP contribution in [0.5, 0.6) is 11.5 Å². The third kappa shape index (κ3) is 6.30. The molecular weight excluding hydrogens is 572 g/mol. The van der Waals surface area contributed by atoms with E-state index in [9.17, 15) is 19.5 Å². The van der Waals surface area contributed by atoms with Crippen molar-refractivity contribution in [2.75, 3.05) is 44.7 Å². The van der Waals surface area contributed by atoms with Gasteiger partial charge in [-0.1, -0.05) is 54.6 Å². The molecule has 0 aliphatic carbocycles. The minimum atomic E-state index is -0.788. The fourth-order valence-corrected chi connectivity index (χ4v) is 6.26. The van der Waals surface area contributed by atoms with E-state index < -0.39 is 12.2 Å². The highest BCUT2D eigenvalue weighted by molar-refractivity contribution is 5.92. The molecule has 0 unspecified atom stereocenters. The van der Waals surface area contributed by atoms with E-state index in [1.807, 2.05) is 55.6 Å². The monoisotopic (exact) mass is 610 g/mol. The first kappa shape index (κ1) is 30.0. The molecule has 0 saturated carbocycles. The van der Waals surface area contributed by atoms with Crippen molar-refractivity contribution in [2.24, 2.45) is 0 Å². The zero-order valence-electron chi connectivity index (χ0n) is 25.3. The van der Waals surface area contributed by atoms with E-state index in [2.05, 4.69) is 16.8 Å². The van der Waals surface area contributed by atoms with Gasteiger partial charge in [-0.05, 0) is 41.0 Å². The molecule has 2 N–H and O–H groups in total. The van der Waals surface area contributed by atoms with E-state index in [1.54, 1.807) is 45.2 Å². The number of nitrogens with zero attached hydrogens (tertiary/aromatic N) is 5. The molecule has 3 aromatic carbocycles. The van der Waals surface area contributed by atoms with Crippen LogP contribution in [0.3, 0.4) is 0 Å². The number of anilines is 1. The lowest BCUT2D eigenvalue weighted by Crippen LogP contribution is -2.66. The number of hydrogen-bond acceptors (Lipinski definition) is 7. The van der Waals surface area contributed by atoms with Gasteiger partial charge in [0.15, 0.2) is 0 Å². The number of carbonyl (C=O) groups is 3. The number of nitrogens with one attached hydrogen (secondary N) is 1. The van der Waals surface area contributed by atoms with E-state index in [-0.39, 0.29) is 49.7 Å². The van der Waals surface area contributed by atoms with Gasteiger partial charge < -0.3 is 29.9 Å². The van der Waals surface area contributed by atoms with Gasteiger partial charge in [0.2, 0.25) is 11.8 Å². The van der Waals surface area contributed by atoms with E-state index in [0.717, 1.165) is 34.7 Å². The summed E-state index contributed by atoms with van der Waals surface area (Å²) < 4.78 is 5.91. The van der Waals surface area contributed by atoms with Gasteiger partial charge in [0, 0.05) is 26.6 Å². The summed E-state index contributed by atoms with van der Waals surface area (Å²) in [6.45, 7) is 6.23. The summed E-state index contributed by atoms with van der Waals surface area (Å²) in [7, 11) is 2.02. The maximum absolute atomic E-state index is 14.1. The molecule has 3 aliphatic heterocycles. The van der Waals surface area contributed by atoms with Crippen LogP contribution in [0.2, 0.25) is 0 Å². The second-order valence-corrected chi connectivity index (χ2v) is 11.6. The van der Waals surface area contributed by atoms with Crippen molar-refractivity contribution < 1.29 is 24.2 Å². The number of benzene rings is 3.